The lowest BCUT2D eigenvalue weighted by Crippen LogP contribution is -2.48. The first-order chi connectivity index (χ1) is 63.4. The zero-order valence-electron chi connectivity index (χ0n) is 92.8. The third kappa shape index (κ3) is 41.0. The molecular weight excluding hydrogens is 1720 g/mol. The Kier molecular flexibility index (Phi) is 60.7. The topological polar surface area (TPSA) is 316 Å². The molecular formula is C111H202O24. The van der Waals surface area contributed by atoms with E-state index >= 15 is 0 Å². The minimum absolute atomic E-state index is 0.248. The van der Waals surface area contributed by atoms with Gasteiger partial charge in [-0.05, 0) is 363 Å². The lowest BCUT2D eigenvalue weighted by Gasteiger charge is -2.45. The molecule has 10 saturated carbocycles. The van der Waals surface area contributed by atoms with Crippen LogP contribution in [0.2, 0.25) is 0 Å². The number of carbonyl (C=O) groups excluding carboxylic acids is 12. The number of hydrogen-bond acceptors (Lipinski definition) is 24. The van der Waals surface area contributed by atoms with E-state index in [1.54, 1.807) is 13.8 Å². The van der Waals surface area contributed by atoms with Crippen LogP contribution in [0.25, 0.3) is 0 Å². The van der Waals surface area contributed by atoms with Crippen LogP contribution >= 0.6 is 0 Å². The molecule has 135 heavy (non-hydrogen) atoms. The standard InChI is InChI=1S/C22H34O4.C17H28O4.C16H28O4.2C15H26O4.C14H24O4.6C2H6/c1-5-21(3,4)20(24)25-12-17(23)26-22(6-2)11-15-10-16(22)19-14-8-7-13(9-14)18(15)19;1-5-16(3,4)15(19)20-11-14(18)21-17(6-2)10-12-7-8-13(17)9-12;1-5-15(3,4)14(18)19-12-13(17)20-16(6-2)10-8-7-9-11-16;1-5-14(2,3)13(17)18-11-12(16)19-15(4)9-7-6-8-10-15;1-5-14(3,4)13(17)18-11-12(16)19-15(6-2)9-7-8-10-15;1-5-13(2,3)12(16)17-10-11(15)18-14(4)8-6-7-9-14;6*1-2/h13-16,18-19H,5-12H2,1-4H3;12-13H,5-11H2,1-4H3;5-12H2,1-4H3;2*5-11H2,1-4H3;5-10H2,1-4H3;6*1-2H3. The molecule has 0 spiro atoms. The van der Waals surface area contributed by atoms with Gasteiger partial charge in [0.05, 0.1) is 32.5 Å². The largest absolute Gasteiger partial charge is 0.457 e. The third-order valence-corrected chi connectivity index (χ3v) is 30.7. The van der Waals surface area contributed by atoms with Crippen molar-refractivity contribution in [2.24, 2.45) is 79.8 Å². The minimum Gasteiger partial charge on any atom is -0.457 e. The van der Waals surface area contributed by atoms with Gasteiger partial charge in [0.15, 0.2) is 39.6 Å². The number of rotatable bonds is 34. The highest BCUT2D eigenvalue weighted by Crippen LogP contribution is 2.71. The van der Waals surface area contributed by atoms with E-state index in [-0.39, 0.29) is 115 Å². The van der Waals surface area contributed by atoms with Crippen molar-refractivity contribution in [1.29, 1.82) is 0 Å². The Morgan fingerprint density at radius 1 is 0.259 bits per heavy atom. The number of fused-ring (bicyclic) bond motifs is 11. The first-order valence-electron chi connectivity index (χ1n) is 53.8. The van der Waals surface area contributed by atoms with Crippen molar-refractivity contribution in [3.05, 3.63) is 0 Å². The van der Waals surface area contributed by atoms with Crippen LogP contribution in [0.15, 0.2) is 0 Å². The van der Waals surface area contributed by atoms with Crippen LogP contribution in [-0.4, -0.2) is 145 Å². The van der Waals surface area contributed by atoms with Gasteiger partial charge < -0.3 is 56.8 Å². The fourth-order valence-electron chi connectivity index (χ4n) is 19.7. The number of esters is 12. The number of hydrogen-bond donors (Lipinski definition) is 0. The van der Waals surface area contributed by atoms with E-state index in [4.69, 9.17) is 56.8 Å². The smallest absolute Gasteiger partial charge is 0.344 e. The summed E-state index contributed by atoms with van der Waals surface area (Å²) in [7, 11) is 0. The first-order valence-corrected chi connectivity index (χ1v) is 53.8. The van der Waals surface area contributed by atoms with Gasteiger partial charge in [-0.1, -0.05) is 165 Å². The highest BCUT2D eigenvalue weighted by atomic mass is 16.6. The van der Waals surface area contributed by atoms with Crippen molar-refractivity contribution in [3.63, 3.8) is 0 Å². The molecule has 790 valence electrons. The van der Waals surface area contributed by atoms with Crippen molar-refractivity contribution < 1.29 is 114 Å². The van der Waals surface area contributed by atoms with E-state index in [1.165, 1.54) is 51.4 Å². The van der Waals surface area contributed by atoms with Gasteiger partial charge in [-0.2, -0.15) is 0 Å². The third-order valence-electron chi connectivity index (χ3n) is 30.7. The zero-order valence-corrected chi connectivity index (χ0v) is 92.8. The van der Waals surface area contributed by atoms with Gasteiger partial charge in [-0.15, -0.1) is 0 Å². The van der Waals surface area contributed by atoms with Crippen LogP contribution < -0.4 is 0 Å². The lowest BCUT2D eigenvalue weighted by atomic mass is 9.65. The van der Waals surface area contributed by atoms with Crippen LogP contribution in [0, 0.1) is 79.8 Å². The molecule has 0 aromatic carbocycles. The van der Waals surface area contributed by atoms with E-state index < -0.39 is 62.3 Å². The van der Waals surface area contributed by atoms with Crippen molar-refractivity contribution in [3.8, 4) is 0 Å². The Labute approximate surface area is 821 Å². The first kappa shape index (κ1) is 131. The Hall–Kier alpha value is -6.36. The van der Waals surface area contributed by atoms with Crippen molar-refractivity contribution in [2.75, 3.05) is 39.6 Å². The second-order valence-electron chi connectivity index (χ2n) is 41.9. The molecule has 24 nitrogen and oxygen atoms in total. The van der Waals surface area contributed by atoms with E-state index in [1.807, 2.05) is 222 Å². The average Bonchev–Trinajstić information content (AvgIpc) is 1.53. The molecule has 10 unspecified atom stereocenters. The van der Waals surface area contributed by atoms with Gasteiger partial charge in [0.2, 0.25) is 0 Å². The van der Waals surface area contributed by atoms with Gasteiger partial charge in [-0.25, -0.2) is 28.8 Å². The summed E-state index contributed by atoms with van der Waals surface area (Å²) in [6, 6.07) is 0. The van der Waals surface area contributed by atoms with E-state index in [0.29, 0.717) is 56.3 Å². The normalized spacial score (nSPS) is 23.7. The number of ether oxygens (including phenoxy) is 12. The van der Waals surface area contributed by atoms with Gasteiger partial charge in [0.25, 0.3) is 0 Å². The van der Waals surface area contributed by atoms with Gasteiger partial charge in [-0.3, -0.25) is 28.8 Å². The van der Waals surface area contributed by atoms with Crippen LogP contribution in [-0.2, 0) is 114 Å². The lowest BCUT2D eigenvalue weighted by molar-refractivity contribution is -0.182. The van der Waals surface area contributed by atoms with Crippen LogP contribution in [0.3, 0.4) is 0 Å². The summed E-state index contributed by atoms with van der Waals surface area (Å²) in [5.74, 6) is 1.46. The summed E-state index contributed by atoms with van der Waals surface area (Å²) in [4.78, 5) is 143. The Bertz CT molecular complexity index is 3470. The summed E-state index contributed by atoms with van der Waals surface area (Å²) in [6.07, 6.45) is 37.0. The fraction of sp³-hybridized carbons (Fsp3) is 0.892. The Morgan fingerprint density at radius 3 is 0.770 bits per heavy atom. The van der Waals surface area contributed by atoms with Gasteiger partial charge in [0, 0.05) is 5.92 Å². The van der Waals surface area contributed by atoms with Gasteiger partial charge in [0.1, 0.15) is 33.6 Å². The van der Waals surface area contributed by atoms with Crippen LogP contribution in [0.4, 0.5) is 0 Å². The SMILES string of the molecule is CC.CC.CC.CC.CC.CC.CCC(C)(C)C(=O)OCC(=O)OC1(C)CCCC1.CCC(C)(C)C(=O)OCC(=O)OC1(C)CCCCC1.CCC(C)(C)C(=O)OCC(=O)OC1(CC)CC2CC1C1C3CCC(C3)C21.CCC(C)(C)C(=O)OCC(=O)OC1(CC)CC2CCC1C2.CCC1(OC(=O)COC(=O)C(C)(C)CC)CCCC1.CCC1(OC(=O)COC(=O)C(C)(C)CC)CCCCC1. The van der Waals surface area contributed by atoms with Crippen LogP contribution in [0.1, 0.15) is 487 Å². The van der Waals surface area contributed by atoms with Gasteiger partial charge >= 0.3 is 71.6 Å². The molecule has 0 saturated heterocycles. The zero-order chi connectivity index (χ0) is 104. The summed E-state index contributed by atoms with van der Waals surface area (Å²) < 4.78 is 64.4. The highest BCUT2D eigenvalue weighted by molar-refractivity contribution is 5.83. The predicted octanol–water partition coefficient (Wildman–Crippen LogP) is 26.9. The monoisotopic (exact) mass is 1920 g/mol. The highest BCUT2D eigenvalue weighted by Gasteiger charge is 2.68. The average molecular weight is 1920 g/mol. The molecule has 0 aliphatic heterocycles. The van der Waals surface area contributed by atoms with E-state index in [0.717, 1.165) is 177 Å². The maximum Gasteiger partial charge on any atom is 0.344 e. The van der Waals surface area contributed by atoms with Crippen molar-refractivity contribution >= 4 is 71.6 Å². The number of carbonyl (C=O) groups is 12. The molecule has 10 atom stereocenters. The summed E-state index contributed by atoms with van der Waals surface area (Å²) in [5.41, 5.74) is -5.26. The van der Waals surface area contributed by atoms with E-state index in [2.05, 4.69) is 13.8 Å². The molecule has 0 heterocycles. The molecule has 6 bridgehead atoms. The molecule has 0 aromatic rings. The van der Waals surface area contributed by atoms with Crippen molar-refractivity contribution in [2.45, 2.75) is 520 Å². The minimum atomic E-state index is -0.550. The molecule has 0 aromatic heterocycles. The van der Waals surface area contributed by atoms with E-state index in [9.17, 15) is 57.5 Å². The molecule has 10 rings (SSSR count). The molecule has 10 aliphatic rings. The second-order valence-corrected chi connectivity index (χ2v) is 41.9. The summed E-state index contributed by atoms with van der Waals surface area (Å²) in [6.45, 7) is 68.0. The fourth-order valence-corrected chi connectivity index (χ4v) is 19.7. The maximum atomic E-state index is 12.5. The summed E-state index contributed by atoms with van der Waals surface area (Å²) in [5, 5.41) is 0. The van der Waals surface area contributed by atoms with Crippen LogP contribution in [0.5, 0.6) is 0 Å². The Balaban J connectivity index is 0. The molecule has 10 fully saturated rings. The Morgan fingerprint density at radius 2 is 0.511 bits per heavy atom. The maximum absolute atomic E-state index is 12.5. The quantitative estimate of drug-likeness (QED) is 0.0328. The van der Waals surface area contributed by atoms with Crippen molar-refractivity contribution in [1.82, 2.24) is 0 Å². The molecule has 0 amide bonds. The molecule has 0 radical (unpaired) electrons. The summed E-state index contributed by atoms with van der Waals surface area (Å²) >= 11 is 0. The predicted molar refractivity (Wildman–Crippen MR) is 536 cm³/mol. The second kappa shape index (κ2) is 62.7. The molecule has 10 aliphatic carbocycles. The molecule has 24 heteroatoms. The molecule has 0 N–H and O–H groups in total.